The highest BCUT2D eigenvalue weighted by molar-refractivity contribution is 5.48. The molecule has 1 atom stereocenters. The van der Waals surface area contributed by atoms with Crippen LogP contribution in [0.3, 0.4) is 0 Å². The Kier molecular flexibility index (Phi) is 4.92. The lowest BCUT2D eigenvalue weighted by molar-refractivity contribution is 0.0647. The minimum absolute atomic E-state index is 0.162. The van der Waals surface area contributed by atoms with Gasteiger partial charge in [-0.25, -0.2) is 14.6 Å². The zero-order valence-electron chi connectivity index (χ0n) is 16.4. The fraction of sp³-hybridized carbons (Fsp3) is 0.579. The third-order valence-electron chi connectivity index (χ3n) is 5.61. The van der Waals surface area contributed by atoms with Gasteiger partial charge in [0.25, 0.3) is 0 Å². The zero-order chi connectivity index (χ0) is 19.6. The van der Waals surface area contributed by atoms with Crippen molar-refractivity contribution in [2.75, 3.05) is 25.1 Å². The molecule has 0 saturated carbocycles. The standard InChI is InChI=1S/C19H24N8O2/c1-2-20-17-11-21-15(10-22-17)18-23-19(29-25-18)12-3-4-14-16(9-12)27(26-24-14)13-5-7-28-8-6-13/h10-13H,2-9H2,1H3,(H,20,22). The van der Waals surface area contributed by atoms with Crippen molar-refractivity contribution in [2.45, 2.75) is 51.0 Å². The van der Waals surface area contributed by atoms with E-state index in [1.54, 1.807) is 12.4 Å². The van der Waals surface area contributed by atoms with Crippen LogP contribution < -0.4 is 5.32 Å². The van der Waals surface area contributed by atoms with E-state index in [0.29, 0.717) is 23.5 Å². The Hall–Kier alpha value is -2.88. The maximum Gasteiger partial charge on any atom is 0.230 e. The second-order valence-corrected chi connectivity index (χ2v) is 7.48. The second kappa shape index (κ2) is 7.86. The van der Waals surface area contributed by atoms with Gasteiger partial charge in [0.05, 0.1) is 29.8 Å². The molecule has 5 rings (SSSR count). The molecule has 2 aliphatic rings. The lowest BCUT2D eigenvalue weighted by atomic mass is 9.89. The molecule has 3 aromatic rings. The van der Waals surface area contributed by atoms with Crippen LogP contribution >= 0.6 is 0 Å². The van der Waals surface area contributed by atoms with Gasteiger partial charge < -0.3 is 14.6 Å². The summed E-state index contributed by atoms with van der Waals surface area (Å²) in [5, 5.41) is 16.1. The van der Waals surface area contributed by atoms with Crippen LogP contribution in [0.15, 0.2) is 16.9 Å². The number of aromatic nitrogens is 7. The molecule has 0 bridgehead atoms. The van der Waals surface area contributed by atoms with Crippen molar-refractivity contribution in [1.82, 2.24) is 35.1 Å². The van der Waals surface area contributed by atoms with Crippen LogP contribution in [0.2, 0.25) is 0 Å². The van der Waals surface area contributed by atoms with Gasteiger partial charge in [0.15, 0.2) is 0 Å². The van der Waals surface area contributed by atoms with E-state index in [0.717, 1.165) is 63.4 Å². The van der Waals surface area contributed by atoms with Crippen molar-refractivity contribution in [1.29, 1.82) is 0 Å². The van der Waals surface area contributed by atoms with E-state index in [9.17, 15) is 0 Å². The van der Waals surface area contributed by atoms with Crippen molar-refractivity contribution in [3.63, 3.8) is 0 Å². The van der Waals surface area contributed by atoms with Crippen LogP contribution in [0.5, 0.6) is 0 Å². The van der Waals surface area contributed by atoms with Crippen molar-refractivity contribution in [3.05, 3.63) is 29.7 Å². The van der Waals surface area contributed by atoms with Crippen molar-refractivity contribution < 1.29 is 9.26 Å². The Morgan fingerprint density at radius 3 is 2.86 bits per heavy atom. The van der Waals surface area contributed by atoms with E-state index < -0.39 is 0 Å². The third kappa shape index (κ3) is 3.59. The highest BCUT2D eigenvalue weighted by atomic mass is 16.5. The van der Waals surface area contributed by atoms with Crippen LogP contribution in [0.4, 0.5) is 5.82 Å². The summed E-state index contributed by atoms with van der Waals surface area (Å²) >= 11 is 0. The maximum atomic E-state index is 5.60. The molecule has 1 unspecified atom stereocenters. The van der Waals surface area contributed by atoms with Gasteiger partial charge in [0.2, 0.25) is 11.7 Å². The number of fused-ring (bicyclic) bond motifs is 1. The van der Waals surface area contributed by atoms with Gasteiger partial charge >= 0.3 is 0 Å². The Morgan fingerprint density at radius 1 is 1.17 bits per heavy atom. The molecule has 1 aliphatic heterocycles. The average molecular weight is 396 g/mol. The van der Waals surface area contributed by atoms with Crippen molar-refractivity contribution in [2.24, 2.45) is 0 Å². The Morgan fingerprint density at radius 2 is 2.07 bits per heavy atom. The first-order valence-electron chi connectivity index (χ1n) is 10.2. The van der Waals surface area contributed by atoms with Crippen LogP contribution in [-0.2, 0) is 17.6 Å². The highest BCUT2D eigenvalue weighted by Crippen LogP contribution is 2.34. The van der Waals surface area contributed by atoms with Crippen molar-refractivity contribution >= 4 is 5.82 Å². The van der Waals surface area contributed by atoms with Crippen LogP contribution in [0.25, 0.3) is 11.5 Å². The summed E-state index contributed by atoms with van der Waals surface area (Å²) in [4.78, 5) is 13.3. The van der Waals surface area contributed by atoms with E-state index in [4.69, 9.17) is 9.26 Å². The molecule has 10 heteroatoms. The number of anilines is 1. The molecule has 1 saturated heterocycles. The van der Waals surface area contributed by atoms with Crippen LogP contribution in [-0.4, -0.2) is 54.9 Å². The molecular weight excluding hydrogens is 372 g/mol. The topological polar surface area (TPSA) is 117 Å². The maximum absolute atomic E-state index is 5.60. The first kappa shape index (κ1) is 18.2. The number of nitrogens with zero attached hydrogens (tertiary/aromatic N) is 7. The quantitative estimate of drug-likeness (QED) is 0.692. The Balaban J connectivity index is 1.34. The SMILES string of the molecule is CCNc1cnc(-c2noc(C3CCc4nnn(C5CCOCC5)c4C3)n2)cn1. The molecule has 1 aliphatic carbocycles. The van der Waals surface area contributed by atoms with Gasteiger partial charge in [0, 0.05) is 32.1 Å². The fourth-order valence-electron chi connectivity index (χ4n) is 4.05. The lowest BCUT2D eigenvalue weighted by Gasteiger charge is -2.26. The average Bonchev–Trinajstić information content (AvgIpc) is 3.42. The van der Waals surface area contributed by atoms with E-state index in [-0.39, 0.29) is 5.92 Å². The van der Waals surface area contributed by atoms with Gasteiger partial charge in [-0.2, -0.15) is 4.98 Å². The molecule has 4 heterocycles. The van der Waals surface area contributed by atoms with E-state index in [2.05, 4.69) is 40.4 Å². The summed E-state index contributed by atoms with van der Waals surface area (Å²) < 4.78 is 13.2. The third-order valence-corrected chi connectivity index (χ3v) is 5.61. The minimum atomic E-state index is 0.162. The van der Waals surface area contributed by atoms with Crippen LogP contribution in [0, 0.1) is 0 Å². The normalized spacial score (nSPS) is 19.8. The summed E-state index contributed by atoms with van der Waals surface area (Å²) in [6, 6.07) is 0.363. The van der Waals surface area contributed by atoms with Gasteiger partial charge in [0.1, 0.15) is 11.5 Å². The van der Waals surface area contributed by atoms with Crippen LogP contribution in [0.1, 0.15) is 55.4 Å². The monoisotopic (exact) mass is 396 g/mol. The Bertz CT molecular complexity index is 961. The predicted octanol–water partition coefficient (Wildman–Crippen LogP) is 2.17. The molecule has 152 valence electrons. The van der Waals surface area contributed by atoms with Crippen molar-refractivity contribution in [3.8, 4) is 11.5 Å². The zero-order valence-corrected chi connectivity index (χ0v) is 16.4. The molecule has 1 fully saturated rings. The summed E-state index contributed by atoms with van der Waals surface area (Å²) in [5.74, 6) is 2.00. The largest absolute Gasteiger partial charge is 0.381 e. The number of rotatable bonds is 5. The molecular formula is C19H24N8O2. The molecule has 0 spiro atoms. The molecule has 1 N–H and O–H groups in total. The fourth-order valence-corrected chi connectivity index (χ4v) is 4.05. The van der Waals surface area contributed by atoms with E-state index >= 15 is 0 Å². The molecule has 29 heavy (non-hydrogen) atoms. The molecule has 0 radical (unpaired) electrons. The van der Waals surface area contributed by atoms with Gasteiger partial charge in [-0.3, -0.25) is 0 Å². The molecule has 0 amide bonds. The van der Waals surface area contributed by atoms with Gasteiger partial charge in [-0.15, -0.1) is 5.10 Å². The highest BCUT2D eigenvalue weighted by Gasteiger charge is 2.31. The first-order chi connectivity index (χ1) is 14.3. The first-order valence-corrected chi connectivity index (χ1v) is 10.2. The second-order valence-electron chi connectivity index (χ2n) is 7.48. The van der Waals surface area contributed by atoms with E-state index in [1.807, 2.05) is 6.92 Å². The lowest BCUT2D eigenvalue weighted by Crippen LogP contribution is -2.24. The number of hydrogen-bond donors (Lipinski definition) is 1. The number of ether oxygens (including phenoxy) is 1. The summed E-state index contributed by atoms with van der Waals surface area (Å²) in [6.45, 7) is 4.37. The molecule has 3 aromatic heterocycles. The molecule has 0 aromatic carbocycles. The predicted molar refractivity (Wildman–Crippen MR) is 103 cm³/mol. The number of hydrogen-bond acceptors (Lipinski definition) is 9. The number of aryl methyl sites for hydroxylation is 1. The Labute approximate surface area is 168 Å². The summed E-state index contributed by atoms with van der Waals surface area (Å²) in [6.07, 6.45) is 7.91. The summed E-state index contributed by atoms with van der Waals surface area (Å²) in [7, 11) is 0. The smallest absolute Gasteiger partial charge is 0.230 e. The minimum Gasteiger partial charge on any atom is -0.381 e. The molecule has 10 nitrogen and oxygen atoms in total. The number of nitrogens with one attached hydrogen (secondary N) is 1. The van der Waals surface area contributed by atoms with E-state index in [1.165, 1.54) is 5.69 Å². The van der Waals surface area contributed by atoms with Gasteiger partial charge in [-0.1, -0.05) is 10.4 Å². The summed E-state index contributed by atoms with van der Waals surface area (Å²) in [5.41, 5.74) is 2.90. The van der Waals surface area contributed by atoms with Gasteiger partial charge in [-0.05, 0) is 32.6 Å².